The Morgan fingerprint density at radius 1 is 1.12 bits per heavy atom. The average Bonchev–Trinajstić information content (AvgIpc) is 2.98. The zero-order valence-electron chi connectivity index (χ0n) is 14.4. The molecule has 0 aromatic heterocycles. The molecule has 1 saturated heterocycles. The molecule has 0 radical (unpaired) electrons. The molecule has 1 atom stereocenters. The van der Waals surface area contributed by atoms with Gasteiger partial charge in [0.25, 0.3) is 5.24 Å². The first kappa shape index (κ1) is 18.1. The first-order chi connectivity index (χ1) is 12.5. The number of benzene rings is 2. The number of carbonyl (C=O) groups excluding carboxylic acids is 2. The maximum Gasteiger partial charge on any atom is 0.283 e. The normalized spacial score (nSPS) is 16.3. The quantitative estimate of drug-likeness (QED) is 0.751. The lowest BCUT2D eigenvalue weighted by Crippen LogP contribution is -2.13. The number of carbonyl (C=O) groups is 2. The third-order valence-corrected chi connectivity index (χ3v) is 5.08. The summed E-state index contributed by atoms with van der Waals surface area (Å²) in [6.45, 7) is 3.84. The van der Waals surface area contributed by atoms with Crippen molar-refractivity contribution in [2.45, 2.75) is 11.7 Å². The fourth-order valence-electron chi connectivity index (χ4n) is 2.55. The first-order valence-electron chi connectivity index (χ1n) is 8.10. The van der Waals surface area contributed by atoms with E-state index in [1.165, 1.54) is 11.8 Å². The van der Waals surface area contributed by atoms with Gasteiger partial charge in [-0.05, 0) is 48.4 Å². The molecule has 1 unspecified atom stereocenters. The second-order valence-electron chi connectivity index (χ2n) is 5.83. The predicted octanol–water partition coefficient (Wildman–Crippen LogP) is 3.84. The summed E-state index contributed by atoms with van der Waals surface area (Å²) in [5, 5.41) is 2.70. The Kier molecular flexibility index (Phi) is 5.63. The lowest BCUT2D eigenvalue weighted by atomic mass is 10.1. The SMILES string of the molecule is C=C1NC(=O)SC1Cc1ccc(OCC(=O)c2ccc(OC)cc2)cc1. The van der Waals surface area contributed by atoms with Crippen molar-refractivity contribution in [3.63, 3.8) is 0 Å². The van der Waals surface area contributed by atoms with Crippen molar-refractivity contribution in [2.24, 2.45) is 0 Å². The molecule has 5 nitrogen and oxygen atoms in total. The Bertz CT molecular complexity index is 815. The van der Waals surface area contributed by atoms with Gasteiger partial charge in [0.15, 0.2) is 12.4 Å². The van der Waals surface area contributed by atoms with E-state index in [2.05, 4.69) is 11.9 Å². The van der Waals surface area contributed by atoms with E-state index in [1.54, 1.807) is 31.4 Å². The van der Waals surface area contributed by atoms with Crippen LogP contribution in [0.4, 0.5) is 4.79 Å². The highest BCUT2D eigenvalue weighted by Gasteiger charge is 2.26. The van der Waals surface area contributed by atoms with Crippen LogP contribution >= 0.6 is 11.8 Å². The van der Waals surface area contributed by atoms with Gasteiger partial charge in [0.1, 0.15) is 11.5 Å². The van der Waals surface area contributed by atoms with E-state index in [-0.39, 0.29) is 22.9 Å². The maximum atomic E-state index is 12.2. The predicted molar refractivity (Wildman–Crippen MR) is 102 cm³/mol. The Balaban J connectivity index is 1.53. The highest BCUT2D eigenvalue weighted by atomic mass is 32.2. The molecule has 0 saturated carbocycles. The van der Waals surface area contributed by atoms with E-state index in [0.29, 0.717) is 23.5 Å². The fraction of sp³-hybridized carbons (Fsp3) is 0.200. The monoisotopic (exact) mass is 369 g/mol. The molecule has 134 valence electrons. The summed E-state index contributed by atoms with van der Waals surface area (Å²) < 4.78 is 10.6. The molecule has 0 bridgehead atoms. The molecule has 2 aromatic carbocycles. The number of Topliss-reactive ketones (excluding diaryl/α,β-unsaturated/α-hetero) is 1. The van der Waals surface area contributed by atoms with Crippen LogP contribution in [0.1, 0.15) is 15.9 Å². The van der Waals surface area contributed by atoms with E-state index in [0.717, 1.165) is 11.3 Å². The first-order valence-corrected chi connectivity index (χ1v) is 8.98. The summed E-state index contributed by atoms with van der Waals surface area (Å²) in [6, 6.07) is 14.5. The van der Waals surface area contributed by atoms with Gasteiger partial charge >= 0.3 is 0 Å². The third-order valence-electron chi connectivity index (χ3n) is 4.03. The summed E-state index contributed by atoms with van der Waals surface area (Å²) >= 11 is 1.25. The average molecular weight is 369 g/mol. The van der Waals surface area contributed by atoms with Gasteiger partial charge in [-0.15, -0.1) is 0 Å². The van der Waals surface area contributed by atoms with Crippen LogP contribution in [0.2, 0.25) is 0 Å². The molecule has 1 fully saturated rings. The molecule has 26 heavy (non-hydrogen) atoms. The number of amides is 1. The zero-order chi connectivity index (χ0) is 18.5. The van der Waals surface area contributed by atoms with E-state index < -0.39 is 0 Å². The number of ketones is 1. The minimum atomic E-state index is -0.0972. The number of hydrogen-bond acceptors (Lipinski definition) is 5. The summed E-state index contributed by atoms with van der Waals surface area (Å²) in [5.41, 5.74) is 2.40. The molecule has 1 heterocycles. The maximum absolute atomic E-state index is 12.2. The van der Waals surface area contributed by atoms with Crippen molar-refractivity contribution in [3.05, 3.63) is 71.9 Å². The molecule has 1 N–H and O–H groups in total. The molecule has 0 aliphatic carbocycles. The van der Waals surface area contributed by atoms with Crippen molar-refractivity contribution in [1.29, 1.82) is 0 Å². The van der Waals surface area contributed by atoms with Crippen LogP contribution in [-0.4, -0.2) is 30.0 Å². The molecule has 0 spiro atoms. The van der Waals surface area contributed by atoms with E-state index in [1.807, 2.05) is 24.3 Å². The van der Waals surface area contributed by atoms with Gasteiger partial charge < -0.3 is 14.8 Å². The molecule has 1 aliphatic rings. The van der Waals surface area contributed by atoms with E-state index in [4.69, 9.17) is 9.47 Å². The molecule has 1 amide bonds. The Hall–Kier alpha value is -2.73. The van der Waals surface area contributed by atoms with Crippen LogP contribution < -0.4 is 14.8 Å². The number of methoxy groups -OCH3 is 1. The summed E-state index contributed by atoms with van der Waals surface area (Å²) in [4.78, 5) is 23.5. The van der Waals surface area contributed by atoms with E-state index in [9.17, 15) is 9.59 Å². The van der Waals surface area contributed by atoms with Gasteiger partial charge in [0, 0.05) is 11.3 Å². The third kappa shape index (κ3) is 4.46. The van der Waals surface area contributed by atoms with Gasteiger partial charge in [0.05, 0.1) is 12.4 Å². The molecule has 6 heteroatoms. The largest absolute Gasteiger partial charge is 0.497 e. The van der Waals surface area contributed by atoms with Crippen LogP contribution in [0.5, 0.6) is 11.5 Å². The van der Waals surface area contributed by atoms with Crippen molar-refractivity contribution in [1.82, 2.24) is 5.32 Å². The van der Waals surface area contributed by atoms with E-state index >= 15 is 0 Å². The smallest absolute Gasteiger partial charge is 0.283 e. The van der Waals surface area contributed by atoms with Crippen LogP contribution in [0.15, 0.2) is 60.8 Å². The number of thioether (sulfide) groups is 1. The number of nitrogens with one attached hydrogen (secondary N) is 1. The van der Waals surface area contributed by atoms with Crippen molar-refractivity contribution in [2.75, 3.05) is 13.7 Å². The Morgan fingerprint density at radius 2 is 1.77 bits per heavy atom. The summed E-state index contributed by atoms with van der Waals surface area (Å²) in [6.07, 6.45) is 0.716. The zero-order valence-corrected chi connectivity index (χ0v) is 15.2. The molecule has 3 rings (SSSR count). The standard InChI is InChI=1S/C20H19NO4S/c1-13-19(26-20(23)21-13)11-14-3-7-17(8-4-14)25-12-18(22)15-5-9-16(24-2)10-6-15/h3-10,19H,1,11-12H2,2H3,(H,21,23). The minimum Gasteiger partial charge on any atom is -0.497 e. The lowest BCUT2D eigenvalue weighted by molar-refractivity contribution is 0.0921. The topological polar surface area (TPSA) is 64.6 Å². The number of rotatable bonds is 7. The molecular formula is C20H19NO4S. The van der Waals surface area contributed by atoms with Crippen LogP contribution in [0.3, 0.4) is 0 Å². The highest BCUT2D eigenvalue weighted by molar-refractivity contribution is 8.14. The van der Waals surface area contributed by atoms with Crippen LogP contribution in [0.25, 0.3) is 0 Å². The Labute approximate surface area is 156 Å². The van der Waals surface area contributed by atoms with Crippen molar-refractivity contribution < 1.29 is 19.1 Å². The van der Waals surface area contributed by atoms with Crippen molar-refractivity contribution in [3.8, 4) is 11.5 Å². The van der Waals surface area contributed by atoms with Crippen LogP contribution in [0, 0.1) is 0 Å². The summed E-state index contributed by atoms with van der Waals surface area (Å²) in [7, 11) is 1.58. The molecule has 2 aromatic rings. The van der Waals surface area contributed by atoms with Gasteiger partial charge in [-0.1, -0.05) is 30.5 Å². The second-order valence-corrected chi connectivity index (χ2v) is 7.01. The molecular weight excluding hydrogens is 350 g/mol. The summed E-state index contributed by atoms with van der Waals surface area (Å²) in [5.74, 6) is 1.24. The van der Waals surface area contributed by atoms with Gasteiger partial charge in [-0.2, -0.15) is 0 Å². The Morgan fingerprint density at radius 3 is 2.35 bits per heavy atom. The highest BCUT2D eigenvalue weighted by Crippen LogP contribution is 2.28. The molecule has 1 aliphatic heterocycles. The van der Waals surface area contributed by atoms with Gasteiger partial charge in [0.2, 0.25) is 0 Å². The fourth-order valence-corrected chi connectivity index (χ4v) is 3.48. The van der Waals surface area contributed by atoms with Gasteiger partial charge in [-0.3, -0.25) is 9.59 Å². The lowest BCUT2D eigenvalue weighted by Gasteiger charge is -2.10. The number of hydrogen-bond donors (Lipinski definition) is 1. The van der Waals surface area contributed by atoms with Crippen LogP contribution in [-0.2, 0) is 6.42 Å². The number of ether oxygens (including phenoxy) is 2. The second kappa shape index (κ2) is 8.10. The van der Waals surface area contributed by atoms with Crippen molar-refractivity contribution >= 4 is 22.8 Å². The van der Waals surface area contributed by atoms with Gasteiger partial charge in [-0.25, -0.2) is 0 Å². The minimum absolute atomic E-state index is 0.0284.